The first-order valence-electron chi connectivity index (χ1n) is 11.7. The molecule has 2 amide bonds. The van der Waals surface area contributed by atoms with Gasteiger partial charge in [0.15, 0.2) is 0 Å². The maximum absolute atomic E-state index is 13.0. The zero-order chi connectivity index (χ0) is 24.1. The summed E-state index contributed by atoms with van der Waals surface area (Å²) in [5, 5.41) is 12.0. The fourth-order valence-corrected chi connectivity index (χ4v) is 3.47. The molecule has 0 radical (unpaired) electrons. The Labute approximate surface area is 189 Å². The van der Waals surface area contributed by atoms with Gasteiger partial charge in [0.1, 0.15) is 6.04 Å². The number of likely N-dealkylation sites (N-methyl/N-ethyl adjacent to an activating group) is 1. The molecule has 1 fully saturated rings. The summed E-state index contributed by atoms with van der Waals surface area (Å²) in [6.45, 7) is 15.0. The number of nitrogens with zero attached hydrogens (tertiary/aromatic N) is 2. The molecule has 1 heterocycles. The monoisotopic (exact) mass is 439 g/mol. The number of carbonyl (C=O) groups is 3. The van der Waals surface area contributed by atoms with Crippen LogP contribution in [0.15, 0.2) is 11.6 Å². The molecule has 0 saturated carbocycles. The molecule has 7 heteroatoms. The minimum Gasteiger partial charge on any atom is -0.478 e. The SMILES string of the molecule is CCC.CC[C@H](C)C(NC(=O)C1CCCCN1C(C)C)C(=O)N(C)C/C=C(\C)C(=O)O. The van der Waals surface area contributed by atoms with Gasteiger partial charge in [-0.3, -0.25) is 14.5 Å². The first-order chi connectivity index (χ1) is 14.5. The summed E-state index contributed by atoms with van der Waals surface area (Å²) in [7, 11) is 1.64. The van der Waals surface area contributed by atoms with Crippen LogP contribution in [0, 0.1) is 5.92 Å². The number of rotatable bonds is 9. The first-order valence-corrected chi connectivity index (χ1v) is 11.7. The van der Waals surface area contributed by atoms with E-state index in [-0.39, 0.29) is 41.9 Å². The lowest BCUT2D eigenvalue weighted by molar-refractivity contribution is -0.138. The Bertz CT molecular complexity index is 604. The van der Waals surface area contributed by atoms with Crippen molar-refractivity contribution in [1.82, 2.24) is 15.1 Å². The van der Waals surface area contributed by atoms with Crippen molar-refractivity contribution in [2.45, 2.75) is 98.7 Å². The van der Waals surface area contributed by atoms with E-state index in [1.165, 1.54) is 24.3 Å². The third-order valence-electron chi connectivity index (χ3n) is 5.67. The molecule has 3 atom stereocenters. The third-order valence-corrected chi connectivity index (χ3v) is 5.67. The molecule has 180 valence electrons. The van der Waals surface area contributed by atoms with E-state index in [0.29, 0.717) is 0 Å². The number of carbonyl (C=O) groups excluding carboxylic acids is 2. The number of hydrogen-bond acceptors (Lipinski definition) is 4. The van der Waals surface area contributed by atoms with Crippen molar-refractivity contribution in [1.29, 1.82) is 0 Å². The van der Waals surface area contributed by atoms with Crippen LogP contribution in [-0.2, 0) is 14.4 Å². The molecular formula is C24H45N3O4. The van der Waals surface area contributed by atoms with Crippen molar-refractivity contribution in [3.8, 4) is 0 Å². The molecule has 2 N–H and O–H groups in total. The highest BCUT2D eigenvalue weighted by molar-refractivity contribution is 5.90. The van der Waals surface area contributed by atoms with Crippen molar-refractivity contribution >= 4 is 17.8 Å². The van der Waals surface area contributed by atoms with Gasteiger partial charge in [-0.2, -0.15) is 0 Å². The van der Waals surface area contributed by atoms with Crippen LogP contribution in [0.4, 0.5) is 0 Å². The third kappa shape index (κ3) is 9.85. The Balaban J connectivity index is 0.00000282. The molecule has 1 aliphatic rings. The summed E-state index contributed by atoms with van der Waals surface area (Å²) in [6.07, 6.45) is 6.43. The van der Waals surface area contributed by atoms with E-state index < -0.39 is 12.0 Å². The molecule has 1 rings (SSSR count). The number of nitrogens with one attached hydrogen (secondary N) is 1. The molecule has 0 bridgehead atoms. The van der Waals surface area contributed by atoms with Crippen molar-refractivity contribution in [2.24, 2.45) is 5.92 Å². The van der Waals surface area contributed by atoms with Crippen LogP contribution < -0.4 is 5.32 Å². The highest BCUT2D eigenvalue weighted by Gasteiger charge is 2.34. The van der Waals surface area contributed by atoms with E-state index in [1.807, 2.05) is 13.8 Å². The Hall–Kier alpha value is -1.89. The topological polar surface area (TPSA) is 90.0 Å². The van der Waals surface area contributed by atoms with Gasteiger partial charge in [-0.25, -0.2) is 4.79 Å². The summed E-state index contributed by atoms with van der Waals surface area (Å²) in [5.41, 5.74) is 0.193. The quantitative estimate of drug-likeness (QED) is 0.535. The molecule has 2 unspecified atom stereocenters. The van der Waals surface area contributed by atoms with Gasteiger partial charge in [0.2, 0.25) is 11.8 Å². The number of aliphatic carboxylic acids is 1. The Morgan fingerprint density at radius 3 is 2.23 bits per heavy atom. The minimum absolute atomic E-state index is 0.0143. The highest BCUT2D eigenvalue weighted by Crippen LogP contribution is 2.21. The highest BCUT2D eigenvalue weighted by atomic mass is 16.4. The maximum atomic E-state index is 13.0. The number of carboxylic acid groups (broad SMARTS) is 1. The van der Waals surface area contributed by atoms with Crippen molar-refractivity contribution in [2.75, 3.05) is 20.1 Å². The number of likely N-dealkylation sites (tertiary alicyclic amines) is 1. The number of carboxylic acids is 1. The molecule has 1 aliphatic heterocycles. The van der Waals surface area contributed by atoms with Gasteiger partial charge in [0, 0.05) is 25.2 Å². The van der Waals surface area contributed by atoms with Gasteiger partial charge in [-0.15, -0.1) is 0 Å². The van der Waals surface area contributed by atoms with E-state index in [0.717, 1.165) is 32.2 Å². The largest absolute Gasteiger partial charge is 0.478 e. The van der Waals surface area contributed by atoms with E-state index in [1.54, 1.807) is 7.05 Å². The predicted molar refractivity (Wildman–Crippen MR) is 126 cm³/mol. The predicted octanol–water partition coefficient (Wildman–Crippen LogP) is 3.69. The van der Waals surface area contributed by atoms with Crippen molar-refractivity contribution in [3.05, 3.63) is 11.6 Å². The van der Waals surface area contributed by atoms with Gasteiger partial charge in [-0.1, -0.05) is 53.0 Å². The minimum atomic E-state index is -1.00. The zero-order valence-corrected chi connectivity index (χ0v) is 20.9. The lowest BCUT2D eigenvalue weighted by atomic mass is 9.95. The zero-order valence-electron chi connectivity index (χ0n) is 20.9. The summed E-state index contributed by atoms with van der Waals surface area (Å²) < 4.78 is 0. The second-order valence-corrected chi connectivity index (χ2v) is 8.83. The van der Waals surface area contributed by atoms with Gasteiger partial charge in [0.05, 0.1) is 6.04 Å². The Morgan fingerprint density at radius 2 is 1.74 bits per heavy atom. The Kier molecular flexibility index (Phi) is 14.1. The normalized spacial score (nSPS) is 19.1. The smallest absolute Gasteiger partial charge is 0.331 e. The van der Waals surface area contributed by atoms with E-state index >= 15 is 0 Å². The molecule has 0 aliphatic carbocycles. The van der Waals surface area contributed by atoms with Gasteiger partial charge in [0.25, 0.3) is 0 Å². The number of amides is 2. The molecule has 0 aromatic carbocycles. The van der Waals surface area contributed by atoms with Crippen LogP contribution in [0.5, 0.6) is 0 Å². The van der Waals surface area contributed by atoms with Crippen LogP contribution in [0.1, 0.15) is 80.6 Å². The first kappa shape index (κ1) is 29.1. The molecule has 0 aromatic heterocycles. The summed E-state index contributed by atoms with van der Waals surface area (Å²) >= 11 is 0. The Morgan fingerprint density at radius 1 is 1.16 bits per heavy atom. The van der Waals surface area contributed by atoms with E-state index in [9.17, 15) is 14.4 Å². The van der Waals surface area contributed by atoms with Gasteiger partial charge in [-0.05, 0) is 46.1 Å². The lowest BCUT2D eigenvalue weighted by Crippen LogP contribution is -2.58. The second-order valence-electron chi connectivity index (χ2n) is 8.83. The molecule has 0 aromatic rings. The fourth-order valence-electron chi connectivity index (χ4n) is 3.47. The maximum Gasteiger partial charge on any atom is 0.331 e. The van der Waals surface area contributed by atoms with Crippen LogP contribution in [0.2, 0.25) is 0 Å². The average molecular weight is 440 g/mol. The van der Waals surface area contributed by atoms with Crippen LogP contribution in [0.25, 0.3) is 0 Å². The van der Waals surface area contributed by atoms with E-state index in [2.05, 4.69) is 37.9 Å². The average Bonchev–Trinajstić information content (AvgIpc) is 2.74. The molecule has 7 nitrogen and oxygen atoms in total. The lowest BCUT2D eigenvalue weighted by Gasteiger charge is -2.38. The molecular weight excluding hydrogens is 394 g/mol. The second kappa shape index (κ2) is 15.0. The van der Waals surface area contributed by atoms with Crippen molar-refractivity contribution < 1.29 is 19.5 Å². The van der Waals surface area contributed by atoms with Gasteiger partial charge < -0.3 is 15.3 Å². The fraction of sp³-hybridized carbons (Fsp3) is 0.792. The van der Waals surface area contributed by atoms with Crippen LogP contribution >= 0.6 is 0 Å². The van der Waals surface area contributed by atoms with Crippen molar-refractivity contribution in [3.63, 3.8) is 0 Å². The number of piperidine rings is 1. The summed E-state index contributed by atoms with van der Waals surface area (Å²) in [4.78, 5) is 40.6. The molecule has 1 saturated heterocycles. The standard InChI is InChI=1S/C21H37N3O4.C3H8/c1-7-15(4)18(20(26)23(6)13-11-16(5)21(27)28)22-19(25)17-10-8-9-12-24(17)14(2)3;1-3-2/h11,14-15,17-18H,7-10,12-13H2,1-6H3,(H,22,25)(H,27,28);3H2,1-2H3/b16-11+;/t15-,17?,18?;/m0./s1. The summed E-state index contributed by atoms with van der Waals surface area (Å²) in [5.74, 6) is -1.29. The number of hydrogen-bond donors (Lipinski definition) is 2. The molecule has 0 spiro atoms. The van der Waals surface area contributed by atoms with Crippen LogP contribution in [-0.4, -0.2) is 71.0 Å². The molecule has 31 heavy (non-hydrogen) atoms. The van der Waals surface area contributed by atoms with Crippen LogP contribution in [0.3, 0.4) is 0 Å². The summed E-state index contributed by atoms with van der Waals surface area (Å²) in [6, 6.07) is -0.537. The van der Waals surface area contributed by atoms with E-state index in [4.69, 9.17) is 5.11 Å². The van der Waals surface area contributed by atoms with Gasteiger partial charge >= 0.3 is 5.97 Å².